The monoisotopic (exact) mass is 370 g/mol. The number of allylic oxidation sites excluding steroid dienone is 1. The molecule has 0 aliphatic carbocycles. The Balaban J connectivity index is 3.15. The lowest BCUT2D eigenvalue weighted by Gasteiger charge is -2.09. The number of ketones is 3. The topological polar surface area (TPSA) is 68.3 Å². The van der Waals surface area contributed by atoms with Gasteiger partial charge < -0.3 is 0 Å². The number of aldehydes is 1. The van der Waals surface area contributed by atoms with Crippen LogP contribution in [0.5, 0.6) is 0 Å². The number of Topliss-reactive ketones (excluding diaryl/α,β-unsaturated/α-hetero) is 3. The second-order valence-electron chi connectivity index (χ2n) is 4.64. The molecule has 0 unspecified atom stereocenters. The molecule has 7 heteroatoms. The number of rotatable bonds is 9. The second-order valence-corrected chi connectivity index (χ2v) is 7.30. The summed E-state index contributed by atoms with van der Waals surface area (Å²) in [6.07, 6.45) is 0.465. The first-order valence-electron chi connectivity index (χ1n) is 6.59. The van der Waals surface area contributed by atoms with Gasteiger partial charge in [-0.2, -0.15) is 0 Å². The molecule has 1 aromatic rings. The van der Waals surface area contributed by atoms with Gasteiger partial charge in [-0.15, -0.1) is 23.5 Å². The summed E-state index contributed by atoms with van der Waals surface area (Å²) < 4.78 is 0.380. The number of carbonyl (C=O) groups is 4. The van der Waals surface area contributed by atoms with Crippen LogP contribution in [0.2, 0.25) is 5.02 Å². The Kier molecular flexibility index (Phi) is 8.30. The van der Waals surface area contributed by atoms with E-state index in [1.165, 1.54) is 26.0 Å². The lowest BCUT2D eigenvalue weighted by atomic mass is 10.1. The van der Waals surface area contributed by atoms with E-state index in [-0.39, 0.29) is 28.6 Å². The zero-order chi connectivity index (χ0) is 17.4. The number of benzene rings is 1. The van der Waals surface area contributed by atoms with Crippen LogP contribution in [-0.2, 0) is 14.4 Å². The Morgan fingerprint density at radius 3 is 1.87 bits per heavy atom. The molecule has 0 heterocycles. The SMILES string of the molecule is CC(=O)CSC(SCC(C)=O)=C(C=O)C(=O)c1ccc(Cl)cc1. The summed E-state index contributed by atoms with van der Waals surface area (Å²) >= 11 is 7.97. The average molecular weight is 371 g/mol. The fourth-order valence-corrected chi connectivity index (χ4v) is 3.56. The molecule has 23 heavy (non-hydrogen) atoms. The van der Waals surface area contributed by atoms with Crippen LogP contribution in [-0.4, -0.2) is 35.1 Å². The fourth-order valence-electron chi connectivity index (χ4n) is 1.48. The van der Waals surface area contributed by atoms with Crippen LogP contribution >= 0.6 is 35.1 Å². The summed E-state index contributed by atoms with van der Waals surface area (Å²) in [5.41, 5.74) is 0.269. The molecule has 0 atom stereocenters. The van der Waals surface area contributed by atoms with E-state index in [4.69, 9.17) is 11.6 Å². The lowest BCUT2D eigenvalue weighted by molar-refractivity contribution is -0.115. The van der Waals surface area contributed by atoms with Gasteiger partial charge in [-0.1, -0.05) is 11.6 Å². The van der Waals surface area contributed by atoms with Gasteiger partial charge in [0.15, 0.2) is 12.1 Å². The molecule has 4 nitrogen and oxygen atoms in total. The van der Waals surface area contributed by atoms with Crippen LogP contribution in [0.25, 0.3) is 0 Å². The van der Waals surface area contributed by atoms with Gasteiger partial charge in [0.1, 0.15) is 11.6 Å². The fraction of sp³-hybridized carbons (Fsp3) is 0.250. The van der Waals surface area contributed by atoms with Gasteiger partial charge in [-0.3, -0.25) is 19.2 Å². The summed E-state index contributed by atoms with van der Waals surface area (Å²) in [6.45, 7) is 2.84. The molecule has 0 bridgehead atoms. The highest BCUT2D eigenvalue weighted by atomic mass is 35.5. The van der Waals surface area contributed by atoms with Crippen LogP contribution in [0.1, 0.15) is 24.2 Å². The van der Waals surface area contributed by atoms with Crippen LogP contribution in [0.4, 0.5) is 0 Å². The highest BCUT2D eigenvalue weighted by molar-refractivity contribution is 8.22. The third-order valence-corrected chi connectivity index (χ3v) is 5.53. The molecule has 0 fully saturated rings. The van der Waals surface area contributed by atoms with Crippen molar-refractivity contribution in [2.24, 2.45) is 0 Å². The molecule has 0 N–H and O–H groups in total. The Morgan fingerprint density at radius 2 is 1.48 bits per heavy atom. The van der Waals surface area contributed by atoms with E-state index >= 15 is 0 Å². The molecule has 0 aliphatic rings. The van der Waals surface area contributed by atoms with E-state index in [1.54, 1.807) is 12.1 Å². The molecule has 0 spiro atoms. The maximum Gasteiger partial charge on any atom is 0.197 e. The third kappa shape index (κ3) is 6.72. The van der Waals surface area contributed by atoms with E-state index in [1.807, 2.05) is 0 Å². The zero-order valence-corrected chi connectivity index (χ0v) is 15.0. The number of carbonyl (C=O) groups excluding carboxylic acids is 4. The van der Waals surface area contributed by atoms with Crippen LogP contribution in [0, 0.1) is 0 Å². The Morgan fingerprint density at radius 1 is 1.00 bits per heavy atom. The smallest absolute Gasteiger partial charge is 0.197 e. The Bertz CT molecular complexity index is 631. The second kappa shape index (κ2) is 9.70. The van der Waals surface area contributed by atoms with Crippen molar-refractivity contribution >= 4 is 58.8 Å². The molecular weight excluding hydrogens is 356 g/mol. The van der Waals surface area contributed by atoms with Gasteiger partial charge in [0.25, 0.3) is 0 Å². The van der Waals surface area contributed by atoms with Crippen molar-refractivity contribution in [3.8, 4) is 0 Å². The number of hydrogen-bond acceptors (Lipinski definition) is 6. The predicted molar refractivity (Wildman–Crippen MR) is 95.2 cm³/mol. The van der Waals surface area contributed by atoms with E-state index in [0.717, 1.165) is 23.5 Å². The van der Waals surface area contributed by atoms with Crippen molar-refractivity contribution in [3.63, 3.8) is 0 Å². The predicted octanol–water partition coefficient (Wildman–Crippen LogP) is 3.58. The summed E-state index contributed by atoms with van der Waals surface area (Å²) in [5.74, 6) is -0.365. The minimum absolute atomic E-state index is 0.0511. The van der Waals surface area contributed by atoms with Crippen molar-refractivity contribution in [1.29, 1.82) is 0 Å². The molecule has 0 aliphatic heterocycles. The van der Waals surface area contributed by atoms with Crippen LogP contribution in [0.15, 0.2) is 34.1 Å². The van der Waals surface area contributed by atoms with Crippen molar-refractivity contribution in [2.45, 2.75) is 13.8 Å². The Labute approximate surface area is 148 Å². The van der Waals surface area contributed by atoms with Gasteiger partial charge in [-0.05, 0) is 38.1 Å². The maximum absolute atomic E-state index is 12.5. The molecular formula is C16H15ClO4S2. The van der Waals surface area contributed by atoms with Crippen molar-refractivity contribution in [1.82, 2.24) is 0 Å². The molecule has 1 rings (SSSR count). The van der Waals surface area contributed by atoms with E-state index < -0.39 is 5.78 Å². The molecule has 0 amide bonds. The maximum atomic E-state index is 12.5. The van der Waals surface area contributed by atoms with Crippen LogP contribution in [0.3, 0.4) is 0 Å². The van der Waals surface area contributed by atoms with E-state index in [2.05, 4.69) is 0 Å². The first kappa shape index (κ1) is 19.7. The van der Waals surface area contributed by atoms with Gasteiger partial charge in [0.05, 0.1) is 21.3 Å². The molecule has 122 valence electrons. The minimum Gasteiger partial charge on any atom is -0.299 e. The number of thioether (sulfide) groups is 2. The third-order valence-electron chi connectivity index (χ3n) is 2.50. The number of hydrogen-bond donors (Lipinski definition) is 0. The summed E-state index contributed by atoms with van der Waals surface area (Å²) in [7, 11) is 0. The van der Waals surface area contributed by atoms with Crippen molar-refractivity contribution in [2.75, 3.05) is 11.5 Å². The molecule has 0 saturated carbocycles. The normalized spacial score (nSPS) is 10.0. The standard InChI is InChI=1S/C16H15ClO4S2/c1-10(19)8-22-16(23-9-11(2)20)14(7-18)15(21)12-3-5-13(17)6-4-12/h3-7H,8-9H2,1-2H3. The number of halogens is 1. The highest BCUT2D eigenvalue weighted by Crippen LogP contribution is 2.32. The van der Waals surface area contributed by atoms with Gasteiger partial charge >= 0.3 is 0 Å². The van der Waals surface area contributed by atoms with E-state index in [0.29, 0.717) is 21.1 Å². The van der Waals surface area contributed by atoms with E-state index in [9.17, 15) is 19.2 Å². The first-order chi connectivity index (χ1) is 10.8. The summed E-state index contributed by atoms with van der Waals surface area (Å²) in [5, 5.41) is 0.482. The largest absolute Gasteiger partial charge is 0.299 e. The van der Waals surface area contributed by atoms with Crippen molar-refractivity contribution in [3.05, 3.63) is 44.7 Å². The molecule has 0 aromatic heterocycles. The molecule has 0 saturated heterocycles. The molecule has 0 radical (unpaired) electrons. The van der Waals surface area contributed by atoms with Crippen molar-refractivity contribution < 1.29 is 19.2 Å². The van der Waals surface area contributed by atoms with Gasteiger partial charge in [0, 0.05) is 10.6 Å². The summed E-state index contributed by atoms with van der Waals surface area (Å²) in [6, 6.07) is 6.17. The van der Waals surface area contributed by atoms with Gasteiger partial charge in [-0.25, -0.2) is 0 Å². The average Bonchev–Trinajstić information content (AvgIpc) is 2.50. The lowest BCUT2D eigenvalue weighted by Crippen LogP contribution is -2.08. The summed E-state index contributed by atoms with van der Waals surface area (Å²) in [4.78, 5) is 46.2. The zero-order valence-electron chi connectivity index (χ0n) is 12.6. The molecule has 1 aromatic carbocycles. The quantitative estimate of drug-likeness (QED) is 0.217. The Hall–Kier alpha value is -1.37. The highest BCUT2D eigenvalue weighted by Gasteiger charge is 2.19. The minimum atomic E-state index is -0.459. The van der Waals surface area contributed by atoms with Crippen LogP contribution < -0.4 is 0 Å². The van der Waals surface area contributed by atoms with Gasteiger partial charge in [0.2, 0.25) is 0 Å². The first-order valence-corrected chi connectivity index (χ1v) is 8.94.